The molecule has 2 nitrogen and oxygen atoms in total. The second kappa shape index (κ2) is 6.33. The largest absolute Gasteiger partial charge is 0.464 e. The van der Waals surface area contributed by atoms with Crippen LogP contribution in [0.15, 0.2) is 83.9 Å². The van der Waals surface area contributed by atoms with Crippen LogP contribution in [0.5, 0.6) is 0 Å². The molecule has 4 rings (SSSR count). The van der Waals surface area contributed by atoms with E-state index < -0.39 is 11.7 Å². The molecule has 0 aromatic heterocycles. The number of nitrogens with zero attached hydrogens (tertiary/aromatic N) is 1. The lowest BCUT2D eigenvalue weighted by Crippen LogP contribution is -2.18. The minimum Gasteiger partial charge on any atom is -0.464 e. The van der Waals surface area contributed by atoms with E-state index in [0.29, 0.717) is 11.5 Å². The van der Waals surface area contributed by atoms with Crippen LogP contribution in [-0.2, 0) is 10.9 Å². The van der Waals surface area contributed by atoms with E-state index in [4.69, 9.17) is 4.74 Å². The summed E-state index contributed by atoms with van der Waals surface area (Å²) in [6.45, 7) is 0. The minimum atomic E-state index is -4.37. The molecule has 0 aliphatic carbocycles. The zero-order valence-corrected chi connectivity index (χ0v) is 13.6. The number of aliphatic imine (C=N–C) groups is 1. The summed E-state index contributed by atoms with van der Waals surface area (Å²) in [5.74, 6) is 0.311. The lowest BCUT2D eigenvalue weighted by molar-refractivity contribution is -0.137. The van der Waals surface area contributed by atoms with Gasteiger partial charge >= 0.3 is 6.18 Å². The molecule has 0 radical (unpaired) electrons. The van der Waals surface area contributed by atoms with E-state index >= 15 is 0 Å². The molecular formula is C21H14F3NO. The third kappa shape index (κ3) is 3.08. The highest BCUT2D eigenvalue weighted by Gasteiger charge is 2.31. The summed E-state index contributed by atoms with van der Waals surface area (Å²) in [5, 5.41) is 0. The number of rotatable bonds is 2. The van der Waals surface area contributed by atoms with E-state index in [2.05, 4.69) is 4.99 Å². The van der Waals surface area contributed by atoms with Crippen molar-refractivity contribution in [2.45, 2.75) is 12.3 Å². The number of para-hydroxylation sites is 1. The van der Waals surface area contributed by atoms with Gasteiger partial charge in [0.2, 0.25) is 5.90 Å². The Morgan fingerprint density at radius 3 is 2.12 bits per heavy atom. The second-order valence-electron chi connectivity index (χ2n) is 5.96. The minimum absolute atomic E-state index is 0.311. The van der Waals surface area contributed by atoms with Crippen molar-refractivity contribution in [3.63, 3.8) is 0 Å². The van der Waals surface area contributed by atoms with Gasteiger partial charge in [-0.1, -0.05) is 48.5 Å². The Morgan fingerprint density at radius 1 is 0.769 bits per heavy atom. The summed E-state index contributed by atoms with van der Waals surface area (Å²) in [4.78, 5) is 4.50. The first-order valence-electron chi connectivity index (χ1n) is 8.09. The molecule has 0 fully saturated rings. The zero-order valence-electron chi connectivity index (χ0n) is 13.6. The van der Waals surface area contributed by atoms with Gasteiger partial charge in [-0.05, 0) is 35.9 Å². The Kier molecular flexibility index (Phi) is 3.99. The van der Waals surface area contributed by atoms with Gasteiger partial charge in [-0.25, -0.2) is 4.99 Å². The third-order valence-corrected chi connectivity index (χ3v) is 4.23. The van der Waals surface area contributed by atoms with Crippen LogP contribution in [-0.4, -0.2) is 5.90 Å². The maximum Gasteiger partial charge on any atom is 0.416 e. The zero-order chi connectivity index (χ0) is 18.1. The monoisotopic (exact) mass is 353 g/mol. The SMILES string of the molecule is FC(F)(F)c1ccc(C2=Nc3ccccc3C(c3ccccc3)O2)cc1. The second-order valence-corrected chi connectivity index (χ2v) is 5.96. The molecule has 1 heterocycles. The van der Waals surface area contributed by atoms with Crippen molar-refractivity contribution in [2.24, 2.45) is 4.99 Å². The Balaban J connectivity index is 1.75. The number of ether oxygens (including phenoxy) is 1. The predicted molar refractivity (Wildman–Crippen MR) is 93.5 cm³/mol. The molecule has 0 amide bonds. The number of hydrogen-bond donors (Lipinski definition) is 0. The van der Waals surface area contributed by atoms with E-state index in [1.165, 1.54) is 12.1 Å². The average molecular weight is 353 g/mol. The van der Waals surface area contributed by atoms with Crippen LogP contribution < -0.4 is 0 Å². The molecule has 1 aliphatic rings. The fourth-order valence-corrected chi connectivity index (χ4v) is 2.93. The van der Waals surface area contributed by atoms with Gasteiger partial charge in [-0.15, -0.1) is 0 Å². The molecule has 1 unspecified atom stereocenters. The van der Waals surface area contributed by atoms with Crippen LogP contribution in [0, 0.1) is 0 Å². The lowest BCUT2D eigenvalue weighted by atomic mass is 9.98. The van der Waals surface area contributed by atoms with Crippen molar-refractivity contribution in [1.82, 2.24) is 0 Å². The van der Waals surface area contributed by atoms with E-state index in [1.54, 1.807) is 0 Å². The highest BCUT2D eigenvalue weighted by molar-refractivity contribution is 5.97. The molecule has 26 heavy (non-hydrogen) atoms. The predicted octanol–water partition coefficient (Wildman–Crippen LogP) is 5.90. The topological polar surface area (TPSA) is 21.6 Å². The molecule has 1 aliphatic heterocycles. The van der Waals surface area contributed by atoms with E-state index in [1.807, 2.05) is 54.6 Å². The first-order valence-corrected chi connectivity index (χ1v) is 8.09. The molecule has 0 saturated carbocycles. The van der Waals surface area contributed by atoms with Gasteiger partial charge in [0, 0.05) is 11.1 Å². The summed E-state index contributed by atoms with van der Waals surface area (Å²) >= 11 is 0. The van der Waals surface area contributed by atoms with Crippen LogP contribution >= 0.6 is 0 Å². The Labute approximate surface area is 148 Å². The van der Waals surface area contributed by atoms with Gasteiger partial charge in [0.15, 0.2) is 6.10 Å². The van der Waals surface area contributed by atoms with Crippen molar-refractivity contribution in [3.8, 4) is 0 Å². The van der Waals surface area contributed by atoms with Crippen LogP contribution in [0.1, 0.15) is 28.4 Å². The molecule has 0 saturated heterocycles. The van der Waals surface area contributed by atoms with Crippen LogP contribution in [0.4, 0.5) is 18.9 Å². The normalized spacial score (nSPS) is 16.4. The molecule has 3 aromatic rings. The quantitative estimate of drug-likeness (QED) is 0.562. The summed E-state index contributed by atoms with van der Waals surface area (Å²) in [6.07, 6.45) is -4.73. The molecule has 0 N–H and O–H groups in total. The molecule has 1 atom stereocenters. The Morgan fingerprint density at radius 2 is 1.42 bits per heavy atom. The third-order valence-electron chi connectivity index (χ3n) is 4.23. The summed E-state index contributed by atoms with van der Waals surface area (Å²) < 4.78 is 44.4. The van der Waals surface area contributed by atoms with Crippen LogP contribution in [0.25, 0.3) is 0 Å². The van der Waals surface area contributed by atoms with Gasteiger partial charge in [-0.3, -0.25) is 0 Å². The van der Waals surface area contributed by atoms with E-state index in [0.717, 1.165) is 28.9 Å². The summed E-state index contributed by atoms with van der Waals surface area (Å²) in [6, 6.07) is 22.1. The molecule has 5 heteroatoms. The number of alkyl halides is 3. The van der Waals surface area contributed by atoms with Crippen molar-refractivity contribution in [1.29, 1.82) is 0 Å². The molecule has 0 bridgehead atoms. The molecule has 3 aromatic carbocycles. The van der Waals surface area contributed by atoms with E-state index in [-0.39, 0.29) is 6.10 Å². The number of fused-ring (bicyclic) bond motifs is 1. The first kappa shape index (κ1) is 16.4. The smallest absolute Gasteiger partial charge is 0.416 e. The molecular weight excluding hydrogens is 339 g/mol. The van der Waals surface area contributed by atoms with E-state index in [9.17, 15) is 13.2 Å². The van der Waals surface area contributed by atoms with Gasteiger partial charge in [0.25, 0.3) is 0 Å². The Bertz CT molecular complexity index is 947. The van der Waals surface area contributed by atoms with Crippen molar-refractivity contribution < 1.29 is 17.9 Å². The standard InChI is InChI=1S/C21H14F3NO/c22-21(23,24)16-12-10-15(11-13-16)20-25-18-9-5-4-8-17(18)19(26-20)14-6-2-1-3-7-14/h1-13,19H. The fourth-order valence-electron chi connectivity index (χ4n) is 2.93. The highest BCUT2D eigenvalue weighted by Crippen LogP contribution is 2.38. The molecule has 0 spiro atoms. The summed E-state index contributed by atoms with van der Waals surface area (Å²) in [5.41, 5.74) is 2.45. The number of hydrogen-bond acceptors (Lipinski definition) is 2. The van der Waals surface area contributed by atoms with Gasteiger partial charge in [0.05, 0.1) is 11.3 Å². The van der Waals surface area contributed by atoms with Crippen molar-refractivity contribution >= 4 is 11.6 Å². The van der Waals surface area contributed by atoms with Crippen LogP contribution in [0.3, 0.4) is 0 Å². The lowest BCUT2D eigenvalue weighted by Gasteiger charge is -2.26. The summed E-state index contributed by atoms with van der Waals surface area (Å²) in [7, 11) is 0. The van der Waals surface area contributed by atoms with Gasteiger partial charge in [-0.2, -0.15) is 13.2 Å². The maximum atomic E-state index is 12.8. The highest BCUT2D eigenvalue weighted by atomic mass is 19.4. The van der Waals surface area contributed by atoms with Gasteiger partial charge in [0.1, 0.15) is 0 Å². The van der Waals surface area contributed by atoms with Crippen molar-refractivity contribution in [3.05, 3.63) is 101 Å². The maximum absolute atomic E-state index is 12.8. The van der Waals surface area contributed by atoms with Gasteiger partial charge < -0.3 is 4.74 Å². The average Bonchev–Trinajstić information content (AvgIpc) is 2.67. The Hall–Kier alpha value is -3.08. The fraction of sp³-hybridized carbons (Fsp3) is 0.0952. The van der Waals surface area contributed by atoms with Crippen molar-refractivity contribution in [2.75, 3.05) is 0 Å². The molecule has 130 valence electrons. The number of benzene rings is 3. The first-order chi connectivity index (χ1) is 12.5. The number of halogens is 3. The van der Waals surface area contributed by atoms with Crippen LogP contribution in [0.2, 0.25) is 0 Å².